The fraction of sp³-hybridized carbons (Fsp3) is 0.200. The minimum Gasteiger partial charge on any atom is -0.398 e. The molecule has 2 aromatic rings. The van der Waals surface area contributed by atoms with E-state index in [-0.39, 0.29) is 4.90 Å². The van der Waals surface area contributed by atoms with E-state index in [2.05, 4.69) is 0 Å². The van der Waals surface area contributed by atoms with Crippen molar-refractivity contribution in [3.8, 4) is 0 Å². The Morgan fingerprint density at radius 1 is 0.789 bits per heavy atom. The predicted molar refractivity (Wildman–Crippen MR) is 77.0 cm³/mol. The number of benzene rings is 2. The highest BCUT2D eigenvalue weighted by Gasteiger charge is 2.18. The van der Waals surface area contributed by atoms with Gasteiger partial charge in [-0.15, -0.1) is 0 Å². The maximum atomic E-state index is 12.5. The summed E-state index contributed by atoms with van der Waals surface area (Å²) < 4.78 is 25.0. The van der Waals surface area contributed by atoms with Crippen molar-refractivity contribution in [3.05, 3.63) is 53.1 Å². The molecule has 0 aliphatic heterocycles. The van der Waals surface area contributed by atoms with E-state index in [4.69, 9.17) is 5.73 Å². The van der Waals surface area contributed by atoms with Gasteiger partial charge in [-0.25, -0.2) is 8.42 Å². The van der Waals surface area contributed by atoms with Crippen LogP contribution in [0, 0.1) is 20.8 Å². The maximum absolute atomic E-state index is 12.5. The summed E-state index contributed by atoms with van der Waals surface area (Å²) in [6.07, 6.45) is 0. The number of aryl methyl sites for hydroxylation is 3. The van der Waals surface area contributed by atoms with Crippen molar-refractivity contribution in [3.63, 3.8) is 0 Å². The van der Waals surface area contributed by atoms with Crippen LogP contribution in [0.3, 0.4) is 0 Å². The Morgan fingerprint density at radius 2 is 1.32 bits per heavy atom. The highest BCUT2D eigenvalue weighted by Crippen LogP contribution is 2.25. The van der Waals surface area contributed by atoms with Gasteiger partial charge in [0.1, 0.15) is 0 Å². The molecule has 0 aliphatic rings. The third-order valence-electron chi connectivity index (χ3n) is 3.35. The van der Waals surface area contributed by atoms with Gasteiger partial charge in [-0.1, -0.05) is 12.1 Å². The second kappa shape index (κ2) is 4.70. The fourth-order valence-corrected chi connectivity index (χ4v) is 3.18. The summed E-state index contributed by atoms with van der Waals surface area (Å²) in [5.74, 6) is 0. The van der Waals surface area contributed by atoms with E-state index in [1.165, 1.54) is 6.07 Å². The highest BCUT2D eigenvalue weighted by atomic mass is 32.2. The van der Waals surface area contributed by atoms with Crippen molar-refractivity contribution < 1.29 is 8.42 Å². The second-order valence-electron chi connectivity index (χ2n) is 4.77. The lowest BCUT2D eigenvalue weighted by Gasteiger charge is -2.09. The molecule has 0 heterocycles. The van der Waals surface area contributed by atoms with E-state index >= 15 is 0 Å². The Morgan fingerprint density at radius 3 is 1.84 bits per heavy atom. The summed E-state index contributed by atoms with van der Waals surface area (Å²) in [5.41, 5.74) is 9.18. The predicted octanol–water partition coefficient (Wildman–Crippen LogP) is 3.03. The molecule has 2 N–H and O–H groups in total. The lowest BCUT2D eigenvalue weighted by Crippen LogP contribution is -2.04. The van der Waals surface area contributed by atoms with Crippen LogP contribution in [0.4, 0.5) is 5.69 Å². The zero-order valence-electron chi connectivity index (χ0n) is 11.3. The standard InChI is InChI=1S/C15H17NO2S/c1-10-4-6-13(8-12(10)3)19(17,18)14-7-5-11(2)15(16)9-14/h4-9H,16H2,1-3H3. The molecule has 3 nitrogen and oxygen atoms in total. The van der Waals surface area contributed by atoms with Crippen LogP contribution >= 0.6 is 0 Å². The minimum absolute atomic E-state index is 0.235. The first-order valence-electron chi connectivity index (χ1n) is 6.01. The van der Waals surface area contributed by atoms with Gasteiger partial charge in [-0.05, 0) is 61.7 Å². The van der Waals surface area contributed by atoms with E-state index in [0.717, 1.165) is 16.7 Å². The van der Waals surface area contributed by atoms with E-state index < -0.39 is 9.84 Å². The molecule has 2 aromatic carbocycles. The maximum Gasteiger partial charge on any atom is 0.206 e. The molecule has 0 saturated heterocycles. The first-order valence-corrected chi connectivity index (χ1v) is 7.49. The SMILES string of the molecule is Cc1ccc(S(=O)(=O)c2ccc(C)c(N)c2)cc1C. The van der Waals surface area contributed by atoms with Gasteiger partial charge in [0.2, 0.25) is 9.84 Å². The smallest absolute Gasteiger partial charge is 0.206 e. The minimum atomic E-state index is -3.50. The van der Waals surface area contributed by atoms with Crippen LogP contribution in [0.5, 0.6) is 0 Å². The molecule has 0 bridgehead atoms. The number of nitrogens with two attached hydrogens (primary N) is 1. The second-order valence-corrected chi connectivity index (χ2v) is 6.72. The van der Waals surface area contributed by atoms with Crippen molar-refractivity contribution in [1.29, 1.82) is 0 Å². The molecule has 100 valence electrons. The Balaban J connectivity index is 2.58. The molecule has 2 rings (SSSR count). The Hall–Kier alpha value is -1.81. The van der Waals surface area contributed by atoms with Crippen LogP contribution in [-0.2, 0) is 9.84 Å². The molecule has 4 heteroatoms. The van der Waals surface area contributed by atoms with Gasteiger partial charge >= 0.3 is 0 Å². The van der Waals surface area contributed by atoms with Gasteiger partial charge in [0.25, 0.3) is 0 Å². The van der Waals surface area contributed by atoms with Crippen LogP contribution in [-0.4, -0.2) is 8.42 Å². The molecule has 0 amide bonds. The Kier molecular flexibility index (Phi) is 3.37. The number of hydrogen-bond donors (Lipinski definition) is 1. The third-order valence-corrected chi connectivity index (χ3v) is 5.10. The summed E-state index contributed by atoms with van der Waals surface area (Å²) >= 11 is 0. The molecule has 0 fully saturated rings. The van der Waals surface area contributed by atoms with Crippen molar-refractivity contribution in [2.24, 2.45) is 0 Å². The summed E-state index contributed by atoms with van der Waals surface area (Å²) in [4.78, 5) is 0.540. The molecular formula is C15H17NO2S. The fourth-order valence-electron chi connectivity index (χ4n) is 1.80. The third kappa shape index (κ3) is 2.49. The van der Waals surface area contributed by atoms with Crippen LogP contribution in [0.15, 0.2) is 46.2 Å². The molecule has 0 aliphatic carbocycles. The average molecular weight is 275 g/mol. The molecule has 0 radical (unpaired) electrons. The van der Waals surface area contributed by atoms with Gasteiger partial charge in [0.05, 0.1) is 9.79 Å². The van der Waals surface area contributed by atoms with Gasteiger partial charge in [0, 0.05) is 5.69 Å². The molecular weight excluding hydrogens is 258 g/mol. The molecule has 0 saturated carbocycles. The zero-order valence-corrected chi connectivity index (χ0v) is 12.1. The molecule has 0 aromatic heterocycles. The van der Waals surface area contributed by atoms with Crippen molar-refractivity contribution in [1.82, 2.24) is 0 Å². The van der Waals surface area contributed by atoms with Crippen LogP contribution in [0.2, 0.25) is 0 Å². The molecule has 0 atom stereocenters. The Bertz CT molecular complexity index is 676. The van der Waals surface area contributed by atoms with Gasteiger partial charge in [-0.2, -0.15) is 0 Å². The summed E-state index contributed by atoms with van der Waals surface area (Å²) in [5, 5.41) is 0. The van der Waals surface area contributed by atoms with E-state index in [1.54, 1.807) is 24.3 Å². The number of anilines is 1. The van der Waals surface area contributed by atoms with Crippen molar-refractivity contribution in [2.45, 2.75) is 30.6 Å². The first-order chi connectivity index (χ1) is 8.82. The summed E-state index contributed by atoms with van der Waals surface area (Å²) in [6.45, 7) is 5.70. The van der Waals surface area contributed by atoms with Crippen LogP contribution < -0.4 is 5.73 Å². The lowest BCUT2D eigenvalue weighted by molar-refractivity contribution is 0.596. The zero-order chi connectivity index (χ0) is 14.2. The highest BCUT2D eigenvalue weighted by molar-refractivity contribution is 7.91. The summed E-state index contributed by atoms with van der Waals surface area (Å²) in [6, 6.07) is 9.98. The van der Waals surface area contributed by atoms with E-state index in [1.807, 2.05) is 26.8 Å². The van der Waals surface area contributed by atoms with Crippen LogP contribution in [0.1, 0.15) is 16.7 Å². The summed E-state index contributed by atoms with van der Waals surface area (Å²) in [7, 11) is -3.50. The quantitative estimate of drug-likeness (QED) is 0.857. The first kappa shape index (κ1) is 13.6. The number of nitrogen functional groups attached to an aromatic ring is 1. The number of hydrogen-bond acceptors (Lipinski definition) is 3. The van der Waals surface area contributed by atoms with Gasteiger partial charge < -0.3 is 5.73 Å². The topological polar surface area (TPSA) is 60.2 Å². The van der Waals surface area contributed by atoms with E-state index in [0.29, 0.717) is 10.6 Å². The number of sulfone groups is 1. The molecule has 19 heavy (non-hydrogen) atoms. The lowest BCUT2D eigenvalue weighted by atomic mass is 10.1. The number of rotatable bonds is 2. The molecule has 0 unspecified atom stereocenters. The largest absolute Gasteiger partial charge is 0.398 e. The normalized spacial score (nSPS) is 11.5. The monoisotopic (exact) mass is 275 g/mol. The van der Waals surface area contributed by atoms with Gasteiger partial charge in [0.15, 0.2) is 0 Å². The van der Waals surface area contributed by atoms with E-state index in [9.17, 15) is 8.42 Å². The van der Waals surface area contributed by atoms with Gasteiger partial charge in [-0.3, -0.25) is 0 Å². The van der Waals surface area contributed by atoms with Crippen molar-refractivity contribution in [2.75, 3.05) is 5.73 Å². The van der Waals surface area contributed by atoms with Crippen LogP contribution in [0.25, 0.3) is 0 Å². The van der Waals surface area contributed by atoms with Crippen molar-refractivity contribution >= 4 is 15.5 Å². The average Bonchev–Trinajstić information content (AvgIpc) is 2.35. The Labute approximate surface area is 114 Å². The molecule has 0 spiro atoms.